The van der Waals surface area contributed by atoms with Gasteiger partial charge in [0, 0.05) is 13.0 Å². The topological polar surface area (TPSA) is 46.6 Å². The number of amides is 1. The van der Waals surface area contributed by atoms with E-state index in [-0.39, 0.29) is 23.7 Å². The fourth-order valence-electron chi connectivity index (χ4n) is 3.32. The summed E-state index contributed by atoms with van der Waals surface area (Å²) in [6.07, 6.45) is 8.03. The molecule has 1 fully saturated rings. The Morgan fingerprint density at radius 1 is 1.32 bits per heavy atom. The van der Waals surface area contributed by atoms with Crippen molar-refractivity contribution in [2.45, 2.75) is 58.4 Å². The van der Waals surface area contributed by atoms with Crippen LogP contribution in [0.4, 0.5) is 4.39 Å². The van der Waals surface area contributed by atoms with Crippen molar-refractivity contribution in [3.05, 3.63) is 58.9 Å². The number of halogens is 1. The molecule has 1 unspecified atom stereocenters. The lowest BCUT2D eigenvalue weighted by molar-refractivity contribution is -0.128. The lowest BCUT2D eigenvalue weighted by atomic mass is 10.1. The van der Waals surface area contributed by atoms with Crippen molar-refractivity contribution in [1.82, 2.24) is 4.90 Å². The van der Waals surface area contributed by atoms with Gasteiger partial charge in [-0.15, -0.1) is 0 Å². The quantitative estimate of drug-likeness (QED) is 0.443. The molecule has 1 saturated heterocycles. The van der Waals surface area contributed by atoms with E-state index in [2.05, 4.69) is 6.92 Å². The SMILES string of the molecule is CCCC/C(C)=C(F)/C=C/C1CCC(=O)N1CCc1ccc(C(=O)OC)cc1. The van der Waals surface area contributed by atoms with Crippen LogP contribution in [-0.2, 0) is 16.0 Å². The molecule has 0 bridgehead atoms. The van der Waals surface area contributed by atoms with Crippen LogP contribution in [0.25, 0.3) is 0 Å². The van der Waals surface area contributed by atoms with Gasteiger partial charge in [-0.3, -0.25) is 4.79 Å². The predicted molar refractivity (Wildman–Crippen MR) is 109 cm³/mol. The molecule has 0 N–H and O–H groups in total. The molecular formula is C23H30FNO3. The van der Waals surface area contributed by atoms with Gasteiger partial charge in [-0.2, -0.15) is 0 Å². The number of ether oxygens (including phenoxy) is 1. The van der Waals surface area contributed by atoms with Crippen LogP contribution < -0.4 is 0 Å². The minimum Gasteiger partial charge on any atom is -0.465 e. The van der Waals surface area contributed by atoms with Gasteiger partial charge in [-0.1, -0.05) is 31.6 Å². The van der Waals surface area contributed by atoms with Gasteiger partial charge in [0.2, 0.25) is 5.91 Å². The molecule has 1 heterocycles. The molecule has 1 atom stereocenters. The zero-order chi connectivity index (χ0) is 20.5. The van der Waals surface area contributed by atoms with Crippen molar-refractivity contribution in [1.29, 1.82) is 0 Å². The van der Waals surface area contributed by atoms with Gasteiger partial charge in [-0.05, 0) is 62.0 Å². The summed E-state index contributed by atoms with van der Waals surface area (Å²) in [5, 5.41) is 0. The monoisotopic (exact) mass is 387 g/mol. The molecule has 28 heavy (non-hydrogen) atoms. The number of rotatable bonds is 9. The number of carbonyl (C=O) groups is 2. The highest BCUT2D eigenvalue weighted by Crippen LogP contribution is 2.22. The first-order chi connectivity index (χ1) is 13.5. The maximum Gasteiger partial charge on any atom is 0.337 e. The van der Waals surface area contributed by atoms with E-state index >= 15 is 0 Å². The van der Waals surface area contributed by atoms with E-state index < -0.39 is 0 Å². The number of hydrogen-bond donors (Lipinski definition) is 0. The molecule has 1 aliphatic rings. The molecule has 0 aliphatic carbocycles. The molecule has 1 aromatic carbocycles. The minimum atomic E-state index is -0.365. The number of allylic oxidation sites excluding steroid dienone is 3. The van der Waals surface area contributed by atoms with E-state index in [1.54, 1.807) is 12.1 Å². The molecule has 0 aromatic heterocycles. The number of benzene rings is 1. The van der Waals surface area contributed by atoms with Crippen LogP contribution in [0.2, 0.25) is 0 Å². The highest BCUT2D eigenvalue weighted by Gasteiger charge is 2.28. The van der Waals surface area contributed by atoms with Crippen LogP contribution in [0.5, 0.6) is 0 Å². The Morgan fingerprint density at radius 3 is 2.68 bits per heavy atom. The van der Waals surface area contributed by atoms with Gasteiger partial charge in [0.25, 0.3) is 0 Å². The predicted octanol–water partition coefficient (Wildman–Crippen LogP) is 5.00. The second-order valence-corrected chi connectivity index (χ2v) is 7.22. The molecule has 2 rings (SSSR count). The number of carbonyl (C=O) groups excluding carboxylic acids is 2. The largest absolute Gasteiger partial charge is 0.465 e. The average molecular weight is 387 g/mol. The van der Waals surface area contributed by atoms with Crippen LogP contribution in [0.15, 0.2) is 47.8 Å². The summed E-state index contributed by atoms with van der Waals surface area (Å²) in [4.78, 5) is 25.5. The Hall–Kier alpha value is -2.43. The molecule has 1 amide bonds. The molecular weight excluding hydrogens is 357 g/mol. The number of esters is 1. The van der Waals surface area contributed by atoms with Gasteiger partial charge >= 0.3 is 5.97 Å². The summed E-state index contributed by atoms with van der Waals surface area (Å²) in [7, 11) is 1.35. The van der Waals surface area contributed by atoms with Gasteiger partial charge in [-0.25, -0.2) is 9.18 Å². The van der Waals surface area contributed by atoms with Crippen LogP contribution >= 0.6 is 0 Å². The van der Waals surface area contributed by atoms with Gasteiger partial charge in [0.1, 0.15) is 5.83 Å². The number of methoxy groups -OCH3 is 1. The zero-order valence-corrected chi connectivity index (χ0v) is 17.0. The van der Waals surface area contributed by atoms with Crippen molar-refractivity contribution in [3.63, 3.8) is 0 Å². The molecule has 4 nitrogen and oxygen atoms in total. The molecule has 0 saturated carbocycles. The van der Waals surface area contributed by atoms with Crippen molar-refractivity contribution >= 4 is 11.9 Å². The Kier molecular flexibility index (Phi) is 8.42. The minimum absolute atomic E-state index is 0.0634. The van der Waals surface area contributed by atoms with Crippen molar-refractivity contribution in [3.8, 4) is 0 Å². The Balaban J connectivity index is 1.96. The summed E-state index contributed by atoms with van der Waals surface area (Å²) < 4.78 is 18.9. The van der Waals surface area contributed by atoms with Crippen molar-refractivity contribution < 1.29 is 18.7 Å². The normalized spacial score (nSPS) is 17.9. The second kappa shape index (κ2) is 10.8. The van der Waals surface area contributed by atoms with Crippen LogP contribution in [0.3, 0.4) is 0 Å². The molecule has 0 spiro atoms. The summed E-state index contributed by atoms with van der Waals surface area (Å²) in [6.45, 7) is 4.49. The molecule has 5 heteroatoms. The smallest absolute Gasteiger partial charge is 0.337 e. The molecule has 1 aliphatic heterocycles. The Morgan fingerprint density at radius 2 is 2.04 bits per heavy atom. The van der Waals surface area contributed by atoms with E-state index in [1.165, 1.54) is 13.2 Å². The number of hydrogen-bond acceptors (Lipinski definition) is 3. The van der Waals surface area contributed by atoms with Gasteiger partial charge in [0.15, 0.2) is 0 Å². The first-order valence-electron chi connectivity index (χ1n) is 9.96. The molecule has 0 radical (unpaired) electrons. The fourth-order valence-corrected chi connectivity index (χ4v) is 3.32. The number of nitrogens with zero attached hydrogens (tertiary/aromatic N) is 1. The summed E-state index contributed by atoms with van der Waals surface area (Å²) in [5.74, 6) is -0.449. The van der Waals surface area contributed by atoms with Gasteiger partial charge < -0.3 is 9.64 Å². The molecule has 1 aromatic rings. The highest BCUT2D eigenvalue weighted by molar-refractivity contribution is 5.89. The average Bonchev–Trinajstić information content (AvgIpc) is 3.07. The lowest BCUT2D eigenvalue weighted by Gasteiger charge is -2.22. The lowest BCUT2D eigenvalue weighted by Crippen LogP contribution is -2.33. The van der Waals surface area contributed by atoms with E-state index in [0.29, 0.717) is 24.9 Å². The Labute approximate surface area is 167 Å². The third-order valence-corrected chi connectivity index (χ3v) is 5.17. The first kappa shape index (κ1) is 21.9. The van der Waals surface area contributed by atoms with E-state index in [9.17, 15) is 14.0 Å². The standard InChI is InChI=1S/C23H30FNO3/c1-4-5-6-17(2)21(24)13-11-20-12-14-22(26)25(20)16-15-18-7-9-19(10-8-18)23(27)28-3/h7-11,13,20H,4-6,12,14-16H2,1-3H3/b13-11+,21-17-. The summed E-state index contributed by atoms with van der Waals surface area (Å²) in [6, 6.07) is 7.13. The van der Waals surface area contributed by atoms with Gasteiger partial charge in [0.05, 0.1) is 18.7 Å². The van der Waals surface area contributed by atoms with E-state index in [1.807, 2.05) is 30.0 Å². The summed E-state index contributed by atoms with van der Waals surface area (Å²) in [5.41, 5.74) is 2.31. The number of unbranched alkanes of at least 4 members (excludes halogenated alkanes) is 1. The first-order valence-corrected chi connectivity index (χ1v) is 9.96. The third-order valence-electron chi connectivity index (χ3n) is 5.17. The fraction of sp³-hybridized carbons (Fsp3) is 0.478. The Bertz CT molecular complexity index is 737. The van der Waals surface area contributed by atoms with Crippen LogP contribution in [0, 0.1) is 0 Å². The zero-order valence-electron chi connectivity index (χ0n) is 17.0. The van der Waals surface area contributed by atoms with Crippen molar-refractivity contribution in [2.75, 3.05) is 13.7 Å². The summed E-state index contributed by atoms with van der Waals surface area (Å²) >= 11 is 0. The van der Waals surface area contributed by atoms with Crippen LogP contribution in [0.1, 0.15) is 61.9 Å². The molecule has 152 valence electrons. The maximum absolute atomic E-state index is 14.2. The van der Waals surface area contributed by atoms with Crippen LogP contribution in [-0.4, -0.2) is 36.5 Å². The van der Waals surface area contributed by atoms with E-state index in [0.717, 1.165) is 36.8 Å². The second-order valence-electron chi connectivity index (χ2n) is 7.22. The van der Waals surface area contributed by atoms with Crippen molar-refractivity contribution in [2.24, 2.45) is 0 Å². The maximum atomic E-state index is 14.2. The van der Waals surface area contributed by atoms with E-state index in [4.69, 9.17) is 4.74 Å². The highest BCUT2D eigenvalue weighted by atomic mass is 19.1. The number of likely N-dealkylation sites (tertiary alicyclic amines) is 1. The third kappa shape index (κ3) is 6.04.